The molecule has 0 radical (unpaired) electrons. The number of benzene rings is 2. The van der Waals surface area contributed by atoms with E-state index in [9.17, 15) is 19.7 Å². The van der Waals surface area contributed by atoms with Crippen molar-refractivity contribution in [2.24, 2.45) is 0 Å². The fourth-order valence-corrected chi connectivity index (χ4v) is 2.59. The quantitative estimate of drug-likeness (QED) is 0.495. The van der Waals surface area contributed by atoms with Crippen molar-refractivity contribution in [1.82, 2.24) is 4.90 Å². The molecule has 6 nitrogen and oxygen atoms in total. The van der Waals surface area contributed by atoms with E-state index in [-0.39, 0.29) is 16.8 Å². The first-order valence-corrected chi connectivity index (χ1v) is 6.72. The van der Waals surface area contributed by atoms with E-state index in [0.717, 1.165) is 16.5 Å². The monoisotopic (exact) mass is 296 g/mol. The van der Waals surface area contributed by atoms with Gasteiger partial charge in [-0.05, 0) is 18.6 Å². The third kappa shape index (κ3) is 2.05. The Morgan fingerprint density at radius 1 is 1.00 bits per heavy atom. The molecule has 3 rings (SSSR count). The summed E-state index contributed by atoms with van der Waals surface area (Å²) in [5.74, 6) is -0.925. The number of nitro benzene ring substituents is 1. The number of hydrogen-bond donors (Lipinski definition) is 0. The number of hydrogen-bond acceptors (Lipinski definition) is 4. The molecule has 0 aromatic heterocycles. The molecule has 6 heteroatoms. The summed E-state index contributed by atoms with van der Waals surface area (Å²) in [6.07, 6.45) is 0. The summed E-state index contributed by atoms with van der Waals surface area (Å²) < 4.78 is 0. The van der Waals surface area contributed by atoms with Crippen LogP contribution in [0.4, 0.5) is 5.69 Å². The van der Waals surface area contributed by atoms with Gasteiger partial charge in [-0.3, -0.25) is 24.6 Å². The van der Waals surface area contributed by atoms with Crippen molar-refractivity contribution in [2.75, 3.05) is 0 Å². The second-order valence-electron chi connectivity index (χ2n) is 5.05. The van der Waals surface area contributed by atoms with Crippen LogP contribution in [0.2, 0.25) is 0 Å². The number of nitrogens with zero attached hydrogens (tertiary/aromatic N) is 2. The molecular formula is C16H12N2O4. The lowest BCUT2D eigenvalue weighted by Crippen LogP contribution is -2.32. The maximum atomic E-state index is 12.5. The van der Waals surface area contributed by atoms with Crippen molar-refractivity contribution in [3.63, 3.8) is 0 Å². The van der Waals surface area contributed by atoms with Gasteiger partial charge in [-0.25, -0.2) is 0 Å². The fraction of sp³-hybridized carbons (Fsp3) is 0.125. The number of fused-ring (bicyclic) bond motifs is 1. The number of carbonyl (C=O) groups excluding carboxylic acids is 2. The first-order chi connectivity index (χ1) is 10.5. The number of amides is 2. The Balaban J connectivity index is 2.01. The van der Waals surface area contributed by atoms with Gasteiger partial charge in [-0.15, -0.1) is 0 Å². The minimum absolute atomic E-state index is 0.0852. The minimum atomic E-state index is -0.582. The Morgan fingerprint density at radius 3 is 2.27 bits per heavy atom. The fourth-order valence-electron chi connectivity index (χ4n) is 2.59. The third-order valence-electron chi connectivity index (χ3n) is 3.78. The highest BCUT2D eigenvalue weighted by Gasteiger charge is 2.39. The molecular weight excluding hydrogens is 284 g/mol. The molecule has 0 saturated heterocycles. The smallest absolute Gasteiger partial charge is 0.269 e. The molecule has 1 heterocycles. The molecule has 110 valence electrons. The molecule has 22 heavy (non-hydrogen) atoms. The molecule has 1 atom stereocenters. The highest BCUT2D eigenvalue weighted by Crippen LogP contribution is 2.32. The maximum absolute atomic E-state index is 12.5. The summed E-state index contributed by atoms with van der Waals surface area (Å²) in [6.45, 7) is 1.76. The van der Waals surface area contributed by atoms with Gasteiger partial charge in [-0.1, -0.05) is 30.3 Å². The Hall–Kier alpha value is -3.02. The summed E-state index contributed by atoms with van der Waals surface area (Å²) in [5.41, 5.74) is 0.918. The van der Waals surface area contributed by atoms with Gasteiger partial charge in [0.05, 0.1) is 22.1 Å². The lowest BCUT2D eigenvalue weighted by Gasteiger charge is -2.22. The van der Waals surface area contributed by atoms with Crippen LogP contribution >= 0.6 is 0 Å². The first kappa shape index (κ1) is 13.9. The van der Waals surface area contributed by atoms with Crippen LogP contribution in [0.25, 0.3) is 0 Å². The van der Waals surface area contributed by atoms with Gasteiger partial charge in [0.25, 0.3) is 17.5 Å². The number of imide groups is 1. The molecule has 0 bridgehead atoms. The highest BCUT2D eigenvalue weighted by atomic mass is 16.6. The normalized spacial score (nSPS) is 14.9. The predicted octanol–water partition coefficient (Wildman–Crippen LogP) is 2.95. The number of carbonyl (C=O) groups is 2. The Bertz CT molecular complexity index is 786. The summed E-state index contributed by atoms with van der Waals surface area (Å²) in [5, 5.41) is 10.8. The second-order valence-corrected chi connectivity index (χ2v) is 5.05. The maximum Gasteiger partial charge on any atom is 0.270 e. The minimum Gasteiger partial charge on any atom is -0.269 e. The van der Waals surface area contributed by atoms with Gasteiger partial charge in [0, 0.05) is 12.1 Å². The average molecular weight is 296 g/mol. The lowest BCUT2D eigenvalue weighted by molar-refractivity contribution is -0.384. The van der Waals surface area contributed by atoms with E-state index in [1.54, 1.807) is 6.92 Å². The zero-order chi connectivity index (χ0) is 15.9. The van der Waals surface area contributed by atoms with Crippen LogP contribution in [0.5, 0.6) is 0 Å². The third-order valence-corrected chi connectivity index (χ3v) is 3.78. The summed E-state index contributed by atoms with van der Waals surface area (Å²) in [6, 6.07) is 12.5. The number of rotatable bonds is 3. The van der Waals surface area contributed by atoms with E-state index in [1.165, 1.54) is 12.1 Å². The van der Waals surface area contributed by atoms with Crippen LogP contribution in [0.15, 0.2) is 48.5 Å². The van der Waals surface area contributed by atoms with Crippen LogP contribution in [0.1, 0.15) is 39.2 Å². The van der Waals surface area contributed by atoms with E-state index in [1.807, 2.05) is 30.3 Å². The Kier molecular flexibility index (Phi) is 3.21. The molecule has 0 unspecified atom stereocenters. The van der Waals surface area contributed by atoms with Crippen LogP contribution in [-0.2, 0) is 0 Å². The van der Waals surface area contributed by atoms with Gasteiger partial charge >= 0.3 is 0 Å². The number of nitro groups is 1. The van der Waals surface area contributed by atoms with E-state index in [0.29, 0.717) is 0 Å². The van der Waals surface area contributed by atoms with Gasteiger partial charge in [0.15, 0.2) is 0 Å². The topological polar surface area (TPSA) is 80.5 Å². The van der Waals surface area contributed by atoms with E-state index < -0.39 is 22.8 Å². The van der Waals surface area contributed by atoms with Crippen LogP contribution in [0, 0.1) is 10.1 Å². The van der Waals surface area contributed by atoms with E-state index >= 15 is 0 Å². The summed E-state index contributed by atoms with van der Waals surface area (Å²) in [4.78, 5) is 36.3. The van der Waals surface area contributed by atoms with Crippen molar-refractivity contribution in [3.8, 4) is 0 Å². The molecule has 0 fully saturated rings. The summed E-state index contributed by atoms with van der Waals surface area (Å²) in [7, 11) is 0. The Labute approximate surface area is 126 Å². The molecule has 2 amide bonds. The molecule has 2 aromatic rings. The van der Waals surface area contributed by atoms with Gasteiger partial charge in [-0.2, -0.15) is 0 Å². The molecule has 1 aliphatic rings. The van der Waals surface area contributed by atoms with Gasteiger partial charge in [0.2, 0.25) is 0 Å². The second kappa shape index (κ2) is 5.07. The standard InChI is InChI=1S/C16H12N2O4/c1-10(11-5-3-2-4-6-11)17-15(19)13-8-7-12(18(21)22)9-14(13)16(17)20/h2-10H,1H3/t10-/m1/s1. The molecule has 0 N–H and O–H groups in total. The van der Waals surface area contributed by atoms with Crippen molar-refractivity contribution >= 4 is 17.5 Å². The van der Waals surface area contributed by atoms with Crippen molar-refractivity contribution in [3.05, 3.63) is 75.3 Å². The molecule has 0 aliphatic carbocycles. The van der Waals surface area contributed by atoms with Gasteiger partial charge < -0.3 is 0 Å². The summed E-state index contributed by atoms with van der Waals surface area (Å²) >= 11 is 0. The highest BCUT2D eigenvalue weighted by molar-refractivity contribution is 6.21. The molecule has 0 saturated carbocycles. The van der Waals surface area contributed by atoms with Gasteiger partial charge in [0.1, 0.15) is 0 Å². The van der Waals surface area contributed by atoms with E-state index in [4.69, 9.17) is 0 Å². The van der Waals surface area contributed by atoms with Crippen LogP contribution < -0.4 is 0 Å². The average Bonchev–Trinajstić information content (AvgIpc) is 2.78. The lowest BCUT2D eigenvalue weighted by atomic mass is 10.1. The first-order valence-electron chi connectivity index (χ1n) is 6.72. The molecule has 0 spiro atoms. The molecule has 2 aromatic carbocycles. The van der Waals surface area contributed by atoms with Crippen molar-refractivity contribution in [1.29, 1.82) is 0 Å². The van der Waals surface area contributed by atoms with Crippen LogP contribution in [0.3, 0.4) is 0 Å². The Morgan fingerprint density at radius 2 is 1.64 bits per heavy atom. The predicted molar refractivity (Wildman–Crippen MR) is 78.5 cm³/mol. The SMILES string of the molecule is C[C@H](c1ccccc1)N1C(=O)c2ccc([N+](=O)[O-])cc2C1=O. The molecule has 1 aliphatic heterocycles. The largest absolute Gasteiger partial charge is 0.270 e. The zero-order valence-electron chi connectivity index (χ0n) is 11.7. The van der Waals surface area contributed by atoms with Crippen molar-refractivity contribution in [2.45, 2.75) is 13.0 Å². The zero-order valence-corrected chi connectivity index (χ0v) is 11.7. The van der Waals surface area contributed by atoms with Crippen LogP contribution in [-0.4, -0.2) is 21.6 Å². The number of non-ortho nitro benzene ring substituents is 1. The van der Waals surface area contributed by atoms with E-state index in [2.05, 4.69) is 0 Å². The van der Waals surface area contributed by atoms with Crippen molar-refractivity contribution < 1.29 is 14.5 Å².